The zero-order valence-corrected chi connectivity index (χ0v) is 8.62. The van der Waals surface area contributed by atoms with Gasteiger partial charge in [-0.15, -0.1) is 0 Å². The number of hydrogen-bond donors (Lipinski definition) is 2. The lowest BCUT2D eigenvalue weighted by atomic mass is 10.1. The highest BCUT2D eigenvalue weighted by molar-refractivity contribution is 5.57. The molecule has 0 radical (unpaired) electrons. The van der Waals surface area contributed by atoms with E-state index in [1.54, 1.807) is 19.1 Å². The van der Waals surface area contributed by atoms with Gasteiger partial charge in [0.15, 0.2) is 0 Å². The molecule has 0 unspecified atom stereocenters. The molecule has 5 heteroatoms. The van der Waals surface area contributed by atoms with Gasteiger partial charge in [-0.05, 0) is 30.7 Å². The Labute approximate surface area is 91.0 Å². The Morgan fingerprint density at radius 2 is 2.12 bits per heavy atom. The number of H-pyrrole nitrogens is 1. The molecule has 0 bridgehead atoms. The molecule has 1 aromatic carbocycles. The number of benzene rings is 1. The Hall–Kier alpha value is -2.17. The Kier molecular flexibility index (Phi) is 2.44. The van der Waals surface area contributed by atoms with E-state index < -0.39 is 0 Å². The third kappa shape index (κ3) is 1.93. The SMILES string of the molecule is Cc1cc(-c2nc(N)cc(=O)[nH]2)ccc1F. The Morgan fingerprint density at radius 3 is 2.75 bits per heavy atom. The number of nitrogen functional groups attached to an aromatic ring is 1. The van der Waals surface area contributed by atoms with E-state index in [2.05, 4.69) is 9.97 Å². The molecule has 0 spiro atoms. The summed E-state index contributed by atoms with van der Waals surface area (Å²) >= 11 is 0. The fourth-order valence-corrected chi connectivity index (χ4v) is 1.41. The smallest absolute Gasteiger partial charge is 0.253 e. The van der Waals surface area contributed by atoms with E-state index in [9.17, 15) is 9.18 Å². The Balaban J connectivity index is 2.58. The summed E-state index contributed by atoms with van der Waals surface area (Å²) in [7, 11) is 0. The molecule has 2 aromatic rings. The molecular weight excluding hydrogens is 209 g/mol. The zero-order valence-electron chi connectivity index (χ0n) is 8.62. The Bertz CT molecular complexity index is 592. The molecule has 3 N–H and O–H groups in total. The van der Waals surface area contributed by atoms with Crippen LogP contribution in [0.25, 0.3) is 11.4 Å². The quantitative estimate of drug-likeness (QED) is 0.762. The van der Waals surface area contributed by atoms with Gasteiger partial charge in [-0.25, -0.2) is 9.37 Å². The summed E-state index contributed by atoms with van der Waals surface area (Å²) in [6, 6.07) is 5.67. The minimum absolute atomic E-state index is 0.140. The topological polar surface area (TPSA) is 71.8 Å². The number of nitrogens with two attached hydrogens (primary N) is 1. The molecule has 0 fully saturated rings. The van der Waals surface area contributed by atoms with Gasteiger partial charge in [-0.1, -0.05) is 0 Å². The predicted octanol–water partition coefficient (Wildman–Crippen LogP) is 1.47. The summed E-state index contributed by atoms with van der Waals surface area (Å²) in [5, 5.41) is 0. The average Bonchev–Trinajstić information content (AvgIpc) is 2.20. The van der Waals surface area contributed by atoms with Crippen LogP contribution in [0, 0.1) is 12.7 Å². The van der Waals surface area contributed by atoms with Gasteiger partial charge < -0.3 is 10.7 Å². The summed E-state index contributed by atoms with van der Waals surface area (Å²) in [4.78, 5) is 17.7. The molecule has 82 valence electrons. The number of aromatic nitrogens is 2. The van der Waals surface area contributed by atoms with E-state index in [1.807, 2.05) is 0 Å². The maximum atomic E-state index is 13.1. The van der Waals surface area contributed by atoms with E-state index >= 15 is 0 Å². The highest BCUT2D eigenvalue weighted by Crippen LogP contribution is 2.17. The van der Waals surface area contributed by atoms with Gasteiger partial charge in [0, 0.05) is 11.6 Å². The van der Waals surface area contributed by atoms with Crippen LogP contribution in [0.5, 0.6) is 0 Å². The number of aryl methyl sites for hydroxylation is 1. The van der Waals surface area contributed by atoms with Crippen LogP contribution >= 0.6 is 0 Å². The lowest BCUT2D eigenvalue weighted by Crippen LogP contribution is -2.09. The summed E-state index contributed by atoms with van der Waals surface area (Å²) < 4.78 is 13.1. The van der Waals surface area contributed by atoms with Crippen molar-refractivity contribution in [2.24, 2.45) is 0 Å². The van der Waals surface area contributed by atoms with Crippen molar-refractivity contribution >= 4 is 5.82 Å². The second kappa shape index (κ2) is 3.77. The number of aromatic amines is 1. The highest BCUT2D eigenvalue weighted by Gasteiger charge is 2.04. The summed E-state index contributed by atoms with van der Waals surface area (Å²) in [5.41, 5.74) is 6.25. The van der Waals surface area contributed by atoms with E-state index in [-0.39, 0.29) is 17.2 Å². The molecule has 2 rings (SSSR count). The first kappa shape index (κ1) is 10.4. The summed E-state index contributed by atoms with van der Waals surface area (Å²) in [6.45, 7) is 1.64. The molecule has 1 heterocycles. The molecule has 4 nitrogen and oxygen atoms in total. The highest BCUT2D eigenvalue weighted by atomic mass is 19.1. The van der Waals surface area contributed by atoms with Crippen LogP contribution in [-0.2, 0) is 0 Å². The van der Waals surface area contributed by atoms with Gasteiger partial charge in [0.25, 0.3) is 5.56 Å². The molecule has 0 aliphatic heterocycles. The average molecular weight is 219 g/mol. The number of rotatable bonds is 1. The maximum Gasteiger partial charge on any atom is 0.253 e. The molecule has 1 aromatic heterocycles. The lowest BCUT2D eigenvalue weighted by molar-refractivity contribution is 0.618. The molecule has 0 aliphatic carbocycles. The first-order valence-electron chi connectivity index (χ1n) is 4.69. The van der Waals surface area contributed by atoms with Crippen molar-refractivity contribution in [3.63, 3.8) is 0 Å². The number of nitrogens with one attached hydrogen (secondary N) is 1. The Morgan fingerprint density at radius 1 is 1.38 bits per heavy atom. The van der Waals surface area contributed by atoms with Crippen molar-refractivity contribution in [2.75, 3.05) is 5.73 Å². The van der Waals surface area contributed by atoms with Crippen LogP contribution in [0.4, 0.5) is 10.2 Å². The summed E-state index contributed by atoms with van der Waals surface area (Å²) in [5.74, 6) is 0.184. The fourth-order valence-electron chi connectivity index (χ4n) is 1.41. The first-order chi connectivity index (χ1) is 7.56. The van der Waals surface area contributed by atoms with Crippen LogP contribution in [0.15, 0.2) is 29.1 Å². The summed E-state index contributed by atoms with van der Waals surface area (Å²) in [6.07, 6.45) is 0. The monoisotopic (exact) mass is 219 g/mol. The van der Waals surface area contributed by atoms with Gasteiger partial charge in [-0.3, -0.25) is 4.79 Å². The van der Waals surface area contributed by atoms with E-state index in [4.69, 9.17) is 5.73 Å². The third-order valence-corrected chi connectivity index (χ3v) is 2.19. The normalized spacial score (nSPS) is 10.4. The predicted molar refractivity (Wildman–Crippen MR) is 59.4 cm³/mol. The molecular formula is C11H10FN3O. The second-order valence-electron chi connectivity index (χ2n) is 3.48. The first-order valence-corrected chi connectivity index (χ1v) is 4.69. The van der Waals surface area contributed by atoms with Crippen molar-refractivity contribution in [3.05, 3.63) is 46.0 Å². The zero-order chi connectivity index (χ0) is 11.7. The van der Waals surface area contributed by atoms with E-state index in [1.165, 1.54) is 12.1 Å². The molecule has 0 saturated carbocycles. The van der Waals surface area contributed by atoms with E-state index in [0.29, 0.717) is 17.0 Å². The number of halogens is 1. The second-order valence-corrected chi connectivity index (χ2v) is 3.48. The standard InChI is InChI=1S/C11H10FN3O/c1-6-4-7(2-3-8(6)12)11-14-9(13)5-10(16)15-11/h2-5H,1H3,(H3,13,14,15,16). The van der Waals surface area contributed by atoms with Crippen LogP contribution in [0.1, 0.15) is 5.56 Å². The molecule has 0 saturated heterocycles. The maximum absolute atomic E-state index is 13.1. The van der Waals surface area contributed by atoms with Crippen LogP contribution in [0.2, 0.25) is 0 Å². The number of hydrogen-bond acceptors (Lipinski definition) is 3. The molecule has 16 heavy (non-hydrogen) atoms. The van der Waals surface area contributed by atoms with Gasteiger partial charge in [0.2, 0.25) is 0 Å². The van der Waals surface area contributed by atoms with Crippen molar-refractivity contribution in [3.8, 4) is 11.4 Å². The minimum atomic E-state index is -0.329. The fraction of sp³-hybridized carbons (Fsp3) is 0.0909. The lowest BCUT2D eigenvalue weighted by Gasteiger charge is -2.03. The third-order valence-electron chi connectivity index (χ3n) is 2.19. The van der Waals surface area contributed by atoms with Gasteiger partial charge in [0.05, 0.1) is 0 Å². The largest absolute Gasteiger partial charge is 0.383 e. The molecule has 0 amide bonds. The van der Waals surface area contributed by atoms with Crippen molar-refractivity contribution in [1.29, 1.82) is 0 Å². The molecule has 0 aliphatic rings. The van der Waals surface area contributed by atoms with Crippen LogP contribution < -0.4 is 11.3 Å². The number of anilines is 1. The van der Waals surface area contributed by atoms with Gasteiger partial charge in [0.1, 0.15) is 17.5 Å². The minimum Gasteiger partial charge on any atom is -0.383 e. The molecule has 0 atom stereocenters. The van der Waals surface area contributed by atoms with Crippen molar-refractivity contribution in [2.45, 2.75) is 6.92 Å². The van der Waals surface area contributed by atoms with Gasteiger partial charge >= 0.3 is 0 Å². The van der Waals surface area contributed by atoms with Crippen LogP contribution in [-0.4, -0.2) is 9.97 Å². The van der Waals surface area contributed by atoms with Crippen LogP contribution in [0.3, 0.4) is 0 Å². The van der Waals surface area contributed by atoms with Crippen molar-refractivity contribution < 1.29 is 4.39 Å². The number of nitrogens with zero attached hydrogens (tertiary/aromatic N) is 1. The van der Waals surface area contributed by atoms with Crippen molar-refractivity contribution in [1.82, 2.24) is 9.97 Å². The van der Waals surface area contributed by atoms with E-state index in [0.717, 1.165) is 0 Å². The van der Waals surface area contributed by atoms with Gasteiger partial charge in [-0.2, -0.15) is 0 Å².